The van der Waals surface area contributed by atoms with Gasteiger partial charge in [0.1, 0.15) is 30.8 Å². The van der Waals surface area contributed by atoms with E-state index in [2.05, 4.69) is 0 Å². The summed E-state index contributed by atoms with van der Waals surface area (Å²) in [4.78, 5) is 10.4. The van der Waals surface area contributed by atoms with Gasteiger partial charge in [-0.15, -0.1) is 0 Å². The summed E-state index contributed by atoms with van der Waals surface area (Å²) in [7, 11) is 0. The SMILES string of the molecule is O=C(O)CC1(O)OC(CO)C(O)C(O)C1O. The van der Waals surface area contributed by atoms with E-state index in [-0.39, 0.29) is 0 Å². The van der Waals surface area contributed by atoms with Crippen LogP contribution in [-0.4, -0.2) is 73.4 Å². The molecule has 8 nitrogen and oxygen atoms in total. The number of aliphatic hydroxyl groups excluding tert-OH is 4. The first kappa shape index (κ1) is 13.3. The molecule has 0 bridgehead atoms. The van der Waals surface area contributed by atoms with Crippen molar-refractivity contribution in [3.63, 3.8) is 0 Å². The minimum atomic E-state index is -2.53. The van der Waals surface area contributed by atoms with Crippen molar-refractivity contribution in [2.24, 2.45) is 0 Å². The van der Waals surface area contributed by atoms with Crippen molar-refractivity contribution in [3.05, 3.63) is 0 Å². The fourth-order valence-corrected chi connectivity index (χ4v) is 1.58. The van der Waals surface area contributed by atoms with Crippen LogP contribution in [0.25, 0.3) is 0 Å². The van der Waals surface area contributed by atoms with E-state index in [0.717, 1.165) is 0 Å². The lowest BCUT2D eigenvalue weighted by molar-refractivity contribution is -0.349. The molecule has 1 heterocycles. The Kier molecular flexibility index (Phi) is 3.84. The van der Waals surface area contributed by atoms with Crippen LogP contribution in [0.2, 0.25) is 0 Å². The van der Waals surface area contributed by atoms with Gasteiger partial charge in [-0.25, -0.2) is 0 Å². The van der Waals surface area contributed by atoms with Crippen LogP contribution in [0, 0.1) is 0 Å². The molecule has 5 atom stereocenters. The molecule has 0 radical (unpaired) electrons. The summed E-state index contributed by atoms with van der Waals surface area (Å²) in [6, 6.07) is 0. The molecule has 1 fully saturated rings. The standard InChI is InChI=1S/C8H14O8/c9-2-3-5(12)6(13)7(14)8(15,16-3)1-4(10)11/h3,5-7,9,12-15H,1-2H2,(H,10,11). The van der Waals surface area contributed by atoms with Crippen molar-refractivity contribution < 1.29 is 40.2 Å². The lowest BCUT2D eigenvalue weighted by Gasteiger charge is -2.44. The van der Waals surface area contributed by atoms with Gasteiger partial charge >= 0.3 is 5.97 Å². The predicted octanol–water partition coefficient (Wildman–Crippen LogP) is -3.38. The normalized spacial score (nSPS) is 44.3. The van der Waals surface area contributed by atoms with E-state index in [1.807, 2.05) is 0 Å². The van der Waals surface area contributed by atoms with E-state index in [0.29, 0.717) is 0 Å². The average molecular weight is 238 g/mol. The Bertz CT molecular complexity index is 267. The van der Waals surface area contributed by atoms with Gasteiger partial charge in [-0.05, 0) is 0 Å². The molecule has 8 heteroatoms. The number of carboxylic acid groups (broad SMARTS) is 1. The molecule has 0 aliphatic carbocycles. The van der Waals surface area contributed by atoms with Crippen molar-refractivity contribution in [3.8, 4) is 0 Å². The zero-order valence-corrected chi connectivity index (χ0v) is 8.22. The number of aliphatic hydroxyl groups is 5. The van der Waals surface area contributed by atoms with Gasteiger partial charge in [0.25, 0.3) is 0 Å². The number of hydrogen-bond donors (Lipinski definition) is 6. The van der Waals surface area contributed by atoms with E-state index in [1.165, 1.54) is 0 Å². The summed E-state index contributed by atoms with van der Waals surface area (Å²) in [6.07, 6.45) is -7.71. The van der Waals surface area contributed by atoms with E-state index in [4.69, 9.17) is 14.9 Å². The maximum atomic E-state index is 10.4. The summed E-state index contributed by atoms with van der Waals surface area (Å²) in [5.41, 5.74) is 0. The third kappa shape index (κ3) is 2.32. The first-order valence-electron chi connectivity index (χ1n) is 4.59. The predicted molar refractivity (Wildman–Crippen MR) is 47.2 cm³/mol. The third-order valence-electron chi connectivity index (χ3n) is 2.46. The van der Waals surface area contributed by atoms with Crippen LogP contribution in [0.4, 0.5) is 0 Å². The molecule has 0 amide bonds. The summed E-state index contributed by atoms with van der Waals surface area (Å²) >= 11 is 0. The van der Waals surface area contributed by atoms with Crippen LogP contribution in [0.1, 0.15) is 6.42 Å². The number of aliphatic carboxylic acids is 1. The zero-order chi connectivity index (χ0) is 12.5. The minimum Gasteiger partial charge on any atom is -0.481 e. The van der Waals surface area contributed by atoms with Gasteiger partial charge in [-0.3, -0.25) is 4.79 Å². The van der Waals surface area contributed by atoms with Crippen LogP contribution >= 0.6 is 0 Å². The zero-order valence-electron chi connectivity index (χ0n) is 8.22. The van der Waals surface area contributed by atoms with Crippen molar-refractivity contribution in [1.29, 1.82) is 0 Å². The fourth-order valence-electron chi connectivity index (χ4n) is 1.58. The van der Waals surface area contributed by atoms with Crippen LogP contribution in [0.5, 0.6) is 0 Å². The minimum absolute atomic E-state index is 0.729. The summed E-state index contributed by atoms with van der Waals surface area (Å²) in [5.74, 6) is -3.99. The maximum absolute atomic E-state index is 10.4. The molecule has 0 aromatic carbocycles. The Balaban J connectivity index is 2.89. The molecule has 1 rings (SSSR count). The van der Waals surface area contributed by atoms with Gasteiger partial charge in [0.2, 0.25) is 5.79 Å². The average Bonchev–Trinajstić information content (AvgIpc) is 2.20. The van der Waals surface area contributed by atoms with E-state index in [9.17, 15) is 25.2 Å². The van der Waals surface area contributed by atoms with E-state index < -0.39 is 49.2 Å². The van der Waals surface area contributed by atoms with Gasteiger partial charge in [0.15, 0.2) is 0 Å². The van der Waals surface area contributed by atoms with Crippen LogP contribution in [0.3, 0.4) is 0 Å². The fraction of sp³-hybridized carbons (Fsp3) is 0.875. The Morgan fingerprint density at radius 2 is 1.81 bits per heavy atom. The van der Waals surface area contributed by atoms with Gasteiger partial charge in [-0.1, -0.05) is 0 Å². The second-order valence-electron chi connectivity index (χ2n) is 3.68. The van der Waals surface area contributed by atoms with E-state index >= 15 is 0 Å². The number of rotatable bonds is 3. The highest BCUT2D eigenvalue weighted by molar-refractivity contribution is 5.68. The Labute approximate surface area is 90.3 Å². The van der Waals surface area contributed by atoms with Crippen molar-refractivity contribution in [1.82, 2.24) is 0 Å². The molecular formula is C8H14O8. The molecule has 0 aromatic rings. The number of carbonyl (C=O) groups is 1. The van der Waals surface area contributed by atoms with E-state index in [1.54, 1.807) is 0 Å². The highest BCUT2D eigenvalue weighted by Crippen LogP contribution is 2.30. The molecule has 1 aliphatic heterocycles. The van der Waals surface area contributed by atoms with Crippen molar-refractivity contribution in [2.45, 2.75) is 36.6 Å². The quantitative estimate of drug-likeness (QED) is 0.298. The van der Waals surface area contributed by atoms with Crippen molar-refractivity contribution >= 4 is 5.97 Å². The first-order valence-corrected chi connectivity index (χ1v) is 4.59. The number of carboxylic acids is 1. The van der Waals surface area contributed by atoms with Crippen LogP contribution in [0.15, 0.2) is 0 Å². The smallest absolute Gasteiger partial charge is 0.308 e. The summed E-state index contributed by atoms with van der Waals surface area (Å²) in [5, 5.41) is 55.0. The summed E-state index contributed by atoms with van der Waals surface area (Å²) < 4.78 is 4.69. The molecule has 16 heavy (non-hydrogen) atoms. The summed E-state index contributed by atoms with van der Waals surface area (Å²) in [6.45, 7) is -0.729. The van der Waals surface area contributed by atoms with Gasteiger partial charge in [0.05, 0.1) is 6.61 Å². The molecule has 1 aliphatic rings. The molecule has 0 saturated carbocycles. The topological polar surface area (TPSA) is 148 Å². The monoisotopic (exact) mass is 238 g/mol. The molecule has 0 spiro atoms. The Morgan fingerprint density at radius 1 is 1.25 bits per heavy atom. The molecule has 0 aromatic heterocycles. The lowest BCUT2D eigenvalue weighted by atomic mass is 9.91. The Morgan fingerprint density at radius 3 is 2.25 bits per heavy atom. The van der Waals surface area contributed by atoms with Crippen LogP contribution < -0.4 is 0 Å². The van der Waals surface area contributed by atoms with Crippen molar-refractivity contribution in [2.75, 3.05) is 6.61 Å². The lowest BCUT2D eigenvalue weighted by Crippen LogP contribution is -2.65. The number of ether oxygens (including phenoxy) is 1. The molecule has 6 N–H and O–H groups in total. The molecular weight excluding hydrogens is 224 g/mol. The maximum Gasteiger partial charge on any atom is 0.308 e. The Hall–Kier alpha value is -0.770. The molecule has 5 unspecified atom stereocenters. The second kappa shape index (κ2) is 4.62. The van der Waals surface area contributed by atoms with Gasteiger partial charge in [-0.2, -0.15) is 0 Å². The third-order valence-corrected chi connectivity index (χ3v) is 2.46. The van der Waals surface area contributed by atoms with Gasteiger partial charge < -0.3 is 35.4 Å². The highest BCUT2D eigenvalue weighted by atomic mass is 16.7. The largest absolute Gasteiger partial charge is 0.481 e. The second-order valence-corrected chi connectivity index (χ2v) is 3.68. The molecule has 94 valence electrons. The number of hydrogen-bond acceptors (Lipinski definition) is 7. The first-order chi connectivity index (χ1) is 7.31. The van der Waals surface area contributed by atoms with Crippen LogP contribution in [-0.2, 0) is 9.53 Å². The van der Waals surface area contributed by atoms with Gasteiger partial charge in [0, 0.05) is 0 Å². The molecule has 1 saturated heterocycles. The highest BCUT2D eigenvalue weighted by Gasteiger charge is 2.53.